The highest BCUT2D eigenvalue weighted by Gasteiger charge is 2.16. The van der Waals surface area contributed by atoms with E-state index in [1.807, 2.05) is 44.1 Å². The first-order valence-electron chi connectivity index (χ1n) is 5.66. The van der Waals surface area contributed by atoms with Crippen LogP contribution in [0.2, 0.25) is 0 Å². The Balaban J connectivity index is 2.22. The number of hydrogen-bond acceptors (Lipinski definition) is 6. The van der Waals surface area contributed by atoms with Crippen LogP contribution in [-0.2, 0) is 0 Å². The SMILES string of the molecule is Cc1ccc(NC(=O)c2nonc2N)cc1N(C)C. The molecule has 0 unspecified atom stereocenters. The molecule has 0 atom stereocenters. The number of aryl methyl sites for hydroxylation is 1. The smallest absolute Gasteiger partial charge is 0.281 e. The van der Waals surface area contributed by atoms with Gasteiger partial charge in [0.1, 0.15) is 0 Å². The Morgan fingerprint density at radius 3 is 2.68 bits per heavy atom. The van der Waals surface area contributed by atoms with Gasteiger partial charge in [-0.2, -0.15) is 0 Å². The van der Waals surface area contributed by atoms with Crippen LogP contribution in [0.3, 0.4) is 0 Å². The molecule has 0 aliphatic carbocycles. The summed E-state index contributed by atoms with van der Waals surface area (Å²) in [7, 11) is 3.88. The molecule has 1 amide bonds. The van der Waals surface area contributed by atoms with Crippen molar-refractivity contribution in [1.82, 2.24) is 10.3 Å². The summed E-state index contributed by atoms with van der Waals surface area (Å²) >= 11 is 0. The fourth-order valence-corrected chi connectivity index (χ4v) is 1.71. The molecule has 7 nitrogen and oxygen atoms in total. The van der Waals surface area contributed by atoms with Crippen LogP contribution in [0.1, 0.15) is 16.1 Å². The predicted octanol–water partition coefficient (Wildman–Crippen LogP) is 1.28. The van der Waals surface area contributed by atoms with Crippen molar-refractivity contribution in [1.29, 1.82) is 0 Å². The van der Waals surface area contributed by atoms with Crippen LogP contribution in [0.25, 0.3) is 0 Å². The van der Waals surface area contributed by atoms with E-state index in [1.165, 1.54) is 0 Å². The minimum atomic E-state index is -0.452. The highest BCUT2D eigenvalue weighted by molar-refractivity contribution is 6.05. The summed E-state index contributed by atoms with van der Waals surface area (Å²) in [5.41, 5.74) is 8.23. The van der Waals surface area contributed by atoms with Crippen molar-refractivity contribution in [3.05, 3.63) is 29.5 Å². The fourth-order valence-electron chi connectivity index (χ4n) is 1.71. The third-order valence-corrected chi connectivity index (χ3v) is 2.68. The Hall–Kier alpha value is -2.57. The summed E-state index contributed by atoms with van der Waals surface area (Å²) in [5.74, 6) is -0.482. The van der Waals surface area contributed by atoms with Crippen LogP contribution in [-0.4, -0.2) is 30.3 Å². The molecule has 19 heavy (non-hydrogen) atoms. The first kappa shape index (κ1) is 12.9. The average molecular weight is 261 g/mol. The van der Waals surface area contributed by atoms with Crippen molar-refractivity contribution in [2.45, 2.75) is 6.92 Å². The van der Waals surface area contributed by atoms with Crippen molar-refractivity contribution in [3.63, 3.8) is 0 Å². The van der Waals surface area contributed by atoms with Gasteiger partial charge in [0.25, 0.3) is 5.91 Å². The molecule has 0 fully saturated rings. The summed E-state index contributed by atoms with van der Waals surface area (Å²) in [6, 6.07) is 5.61. The van der Waals surface area contributed by atoms with Crippen molar-refractivity contribution in [2.24, 2.45) is 0 Å². The maximum absolute atomic E-state index is 11.9. The van der Waals surface area contributed by atoms with Gasteiger partial charge in [0, 0.05) is 25.5 Å². The fraction of sp³-hybridized carbons (Fsp3) is 0.250. The van der Waals surface area contributed by atoms with E-state index in [0.29, 0.717) is 5.69 Å². The summed E-state index contributed by atoms with van der Waals surface area (Å²) < 4.78 is 4.39. The van der Waals surface area contributed by atoms with Crippen molar-refractivity contribution in [2.75, 3.05) is 30.0 Å². The lowest BCUT2D eigenvalue weighted by molar-refractivity contribution is 0.101. The standard InChI is InChI=1S/C12H15N5O2/c1-7-4-5-8(6-9(7)17(2)3)14-12(18)10-11(13)16-19-15-10/h4-6H,1-3H3,(H2,13,16)(H,14,18). The van der Waals surface area contributed by atoms with Crippen LogP contribution in [0.5, 0.6) is 0 Å². The average Bonchev–Trinajstić information content (AvgIpc) is 2.77. The quantitative estimate of drug-likeness (QED) is 0.863. The third kappa shape index (κ3) is 2.65. The molecular formula is C12H15N5O2. The minimum Gasteiger partial charge on any atom is -0.379 e. The van der Waals surface area contributed by atoms with E-state index < -0.39 is 5.91 Å². The Bertz CT molecular complexity index is 606. The van der Waals surface area contributed by atoms with Crippen molar-refractivity contribution >= 4 is 23.1 Å². The number of nitrogens with one attached hydrogen (secondary N) is 1. The highest BCUT2D eigenvalue weighted by atomic mass is 16.6. The minimum absolute atomic E-state index is 0.0213. The van der Waals surface area contributed by atoms with Gasteiger partial charge in [-0.05, 0) is 34.9 Å². The summed E-state index contributed by atoms with van der Waals surface area (Å²) in [6.07, 6.45) is 0. The molecule has 1 aromatic carbocycles. The molecular weight excluding hydrogens is 246 g/mol. The van der Waals surface area contributed by atoms with Gasteiger partial charge < -0.3 is 16.0 Å². The zero-order valence-electron chi connectivity index (χ0n) is 11.0. The molecule has 0 aliphatic rings. The molecule has 2 rings (SSSR count). The van der Waals surface area contributed by atoms with E-state index in [4.69, 9.17) is 5.73 Å². The van der Waals surface area contributed by atoms with E-state index >= 15 is 0 Å². The first-order valence-corrected chi connectivity index (χ1v) is 5.66. The van der Waals surface area contributed by atoms with E-state index in [0.717, 1.165) is 11.3 Å². The molecule has 7 heteroatoms. The monoisotopic (exact) mass is 261 g/mol. The van der Waals surface area contributed by atoms with E-state index in [-0.39, 0.29) is 11.5 Å². The Labute approximate surface area is 110 Å². The van der Waals surface area contributed by atoms with Gasteiger partial charge in [-0.1, -0.05) is 6.07 Å². The van der Waals surface area contributed by atoms with E-state index in [2.05, 4.69) is 20.3 Å². The molecule has 1 aromatic heterocycles. The van der Waals surface area contributed by atoms with E-state index in [9.17, 15) is 4.79 Å². The highest BCUT2D eigenvalue weighted by Crippen LogP contribution is 2.23. The molecule has 0 spiro atoms. The number of carbonyl (C=O) groups excluding carboxylic acids is 1. The molecule has 1 heterocycles. The Morgan fingerprint density at radius 2 is 2.11 bits per heavy atom. The second-order valence-electron chi connectivity index (χ2n) is 4.35. The van der Waals surface area contributed by atoms with Gasteiger partial charge in [0.15, 0.2) is 0 Å². The topological polar surface area (TPSA) is 97.3 Å². The van der Waals surface area contributed by atoms with E-state index in [1.54, 1.807) is 0 Å². The van der Waals surface area contributed by atoms with Crippen LogP contribution in [0, 0.1) is 6.92 Å². The van der Waals surface area contributed by atoms with Crippen molar-refractivity contribution < 1.29 is 9.42 Å². The van der Waals surface area contributed by atoms with Gasteiger partial charge in [-0.25, -0.2) is 4.63 Å². The zero-order valence-corrected chi connectivity index (χ0v) is 11.0. The molecule has 0 saturated heterocycles. The first-order chi connectivity index (χ1) is 8.99. The number of nitrogens with zero attached hydrogens (tertiary/aromatic N) is 3. The second-order valence-corrected chi connectivity index (χ2v) is 4.35. The number of hydrogen-bond donors (Lipinski definition) is 2. The number of rotatable bonds is 3. The van der Waals surface area contributed by atoms with Gasteiger partial charge in [-0.3, -0.25) is 4.79 Å². The molecule has 3 N–H and O–H groups in total. The van der Waals surface area contributed by atoms with Crippen molar-refractivity contribution in [3.8, 4) is 0 Å². The number of amides is 1. The van der Waals surface area contributed by atoms with Crippen LogP contribution < -0.4 is 16.0 Å². The molecule has 0 bridgehead atoms. The van der Waals surface area contributed by atoms with Gasteiger partial charge in [0.05, 0.1) is 0 Å². The molecule has 100 valence electrons. The van der Waals surface area contributed by atoms with Crippen LogP contribution in [0.15, 0.2) is 22.8 Å². The van der Waals surface area contributed by atoms with Gasteiger partial charge in [-0.15, -0.1) is 0 Å². The van der Waals surface area contributed by atoms with Crippen LogP contribution in [0.4, 0.5) is 17.2 Å². The maximum Gasteiger partial charge on any atom is 0.281 e. The van der Waals surface area contributed by atoms with Gasteiger partial charge >= 0.3 is 0 Å². The van der Waals surface area contributed by atoms with Gasteiger partial charge in [0.2, 0.25) is 11.5 Å². The number of aromatic nitrogens is 2. The zero-order chi connectivity index (χ0) is 14.0. The lowest BCUT2D eigenvalue weighted by Gasteiger charge is -2.17. The number of nitrogens with two attached hydrogens (primary N) is 1. The number of anilines is 3. The Morgan fingerprint density at radius 1 is 1.37 bits per heavy atom. The lowest BCUT2D eigenvalue weighted by atomic mass is 10.1. The number of benzene rings is 1. The van der Waals surface area contributed by atoms with Crippen LogP contribution >= 0.6 is 0 Å². The summed E-state index contributed by atoms with van der Waals surface area (Å²) in [4.78, 5) is 13.9. The lowest BCUT2D eigenvalue weighted by Crippen LogP contribution is -2.15. The second kappa shape index (κ2) is 4.97. The normalized spacial score (nSPS) is 10.3. The largest absolute Gasteiger partial charge is 0.379 e. The number of carbonyl (C=O) groups is 1. The summed E-state index contributed by atoms with van der Waals surface area (Å²) in [6.45, 7) is 2.00. The number of nitrogen functional groups attached to an aromatic ring is 1. The summed E-state index contributed by atoms with van der Waals surface area (Å²) in [5, 5.41) is 9.51. The Kier molecular flexibility index (Phi) is 3.37. The molecule has 0 radical (unpaired) electrons. The molecule has 0 aliphatic heterocycles. The maximum atomic E-state index is 11.9. The third-order valence-electron chi connectivity index (χ3n) is 2.68. The molecule has 0 saturated carbocycles. The predicted molar refractivity (Wildman–Crippen MR) is 72.2 cm³/mol. The molecule has 2 aromatic rings.